The number of aromatic nitrogens is 4. The van der Waals surface area contributed by atoms with Gasteiger partial charge in [0, 0.05) is 19.9 Å². The van der Waals surface area contributed by atoms with E-state index in [1.54, 1.807) is 11.4 Å². The van der Waals surface area contributed by atoms with Crippen LogP contribution in [0, 0.1) is 0 Å². The standard InChI is InChI=1S/C22H20N6O4S/c1-26-21(31)20-16(10-12-33-20)28-17(23-24-22(26)28)13-32-19(30)8-7-18(29)27-11-9-15(25-27)14-5-3-2-4-6-14/h2-6,10,12H,7-9,11,13H2,1H3. The van der Waals surface area contributed by atoms with E-state index in [1.165, 1.54) is 20.9 Å². The summed E-state index contributed by atoms with van der Waals surface area (Å²) in [4.78, 5) is 37.1. The minimum atomic E-state index is -0.516. The van der Waals surface area contributed by atoms with Crippen LogP contribution in [0.5, 0.6) is 0 Å². The summed E-state index contributed by atoms with van der Waals surface area (Å²) in [5.41, 5.74) is 2.37. The van der Waals surface area contributed by atoms with Crippen LogP contribution in [0.1, 0.15) is 30.7 Å². The average molecular weight is 465 g/mol. The van der Waals surface area contributed by atoms with Crippen molar-refractivity contribution in [3.8, 4) is 0 Å². The molecule has 0 radical (unpaired) electrons. The molecule has 1 aliphatic heterocycles. The summed E-state index contributed by atoms with van der Waals surface area (Å²) in [5, 5.41) is 15.8. The number of nitrogens with zero attached hydrogens (tertiary/aromatic N) is 6. The normalized spacial score (nSPS) is 13.6. The molecule has 1 aromatic carbocycles. The summed E-state index contributed by atoms with van der Waals surface area (Å²) >= 11 is 1.33. The predicted molar refractivity (Wildman–Crippen MR) is 122 cm³/mol. The lowest BCUT2D eigenvalue weighted by molar-refractivity contribution is -0.147. The van der Waals surface area contributed by atoms with E-state index in [1.807, 2.05) is 41.8 Å². The number of rotatable bonds is 6. The van der Waals surface area contributed by atoms with Crippen molar-refractivity contribution in [1.82, 2.24) is 24.2 Å². The molecule has 33 heavy (non-hydrogen) atoms. The van der Waals surface area contributed by atoms with Crippen LogP contribution in [0.2, 0.25) is 0 Å². The van der Waals surface area contributed by atoms with Crippen LogP contribution in [0.3, 0.4) is 0 Å². The third-order valence-corrected chi connectivity index (χ3v) is 6.39. The molecule has 4 heterocycles. The van der Waals surface area contributed by atoms with E-state index in [4.69, 9.17) is 4.74 Å². The summed E-state index contributed by atoms with van der Waals surface area (Å²) in [6.45, 7) is 0.385. The van der Waals surface area contributed by atoms with Crippen molar-refractivity contribution in [2.75, 3.05) is 6.54 Å². The average Bonchev–Trinajstić information content (AvgIpc) is 3.59. The van der Waals surface area contributed by atoms with Gasteiger partial charge in [-0.25, -0.2) is 5.01 Å². The first kappa shape index (κ1) is 21.0. The number of thiophene rings is 1. The van der Waals surface area contributed by atoms with Gasteiger partial charge in [-0.1, -0.05) is 30.3 Å². The Morgan fingerprint density at radius 1 is 1.12 bits per heavy atom. The van der Waals surface area contributed by atoms with E-state index in [0.29, 0.717) is 34.8 Å². The minimum absolute atomic E-state index is 0.00820. The van der Waals surface area contributed by atoms with Crippen molar-refractivity contribution in [3.05, 3.63) is 63.5 Å². The molecule has 0 unspecified atom stereocenters. The Morgan fingerprint density at radius 2 is 1.94 bits per heavy atom. The third-order valence-electron chi connectivity index (χ3n) is 5.50. The highest BCUT2D eigenvalue weighted by Gasteiger charge is 2.22. The number of ether oxygens (including phenoxy) is 1. The smallest absolute Gasteiger partial charge is 0.306 e. The lowest BCUT2D eigenvalue weighted by atomic mass is 10.1. The van der Waals surface area contributed by atoms with Gasteiger partial charge < -0.3 is 4.74 Å². The molecule has 0 saturated heterocycles. The van der Waals surface area contributed by atoms with Crippen LogP contribution in [0.4, 0.5) is 0 Å². The predicted octanol–water partition coefficient (Wildman–Crippen LogP) is 2.10. The topological polar surface area (TPSA) is 111 Å². The quantitative estimate of drug-likeness (QED) is 0.404. The van der Waals surface area contributed by atoms with Crippen LogP contribution in [0.15, 0.2) is 51.7 Å². The Balaban J connectivity index is 1.21. The fraction of sp³-hybridized carbons (Fsp3) is 0.273. The molecular weight excluding hydrogens is 444 g/mol. The maximum atomic E-state index is 12.5. The summed E-state index contributed by atoms with van der Waals surface area (Å²) in [6, 6.07) is 11.5. The molecule has 0 spiro atoms. The van der Waals surface area contributed by atoms with Crippen LogP contribution >= 0.6 is 11.3 Å². The van der Waals surface area contributed by atoms with E-state index in [2.05, 4.69) is 15.3 Å². The van der Waals surface area contributed by atoms with Crippen molar-refractivity contribution in [1.29, 1.82) is 0 Å². The first-order chi connectivity index (χ1) is 16.0. The van der Waals surface area contributed by atoms with E-state index >= 15 is 0 Å². The van der Waals surface area contributed by atoms with E-state index in [9.17, 15) is 14.4 Å². The second-order valence-corrected chi connectivity index (χ2v) is 8.51. The number of aryl methyl sites for hydroxylation is 1. The van der Waals surface area contributed by atoms with Crippen LogP contribution < -0.4 is 5.56 Å². The zero-order chi connectivity index (χ0) is 22.9. The van der Waals surface area contributed by atoms with Crippen molar-refractivity contribution in [2.45, 2.75) is 25.9 Å². The summed E-state index contributed by atoms with van der Waals surface area (Å²) in [6.07, 6.45) is 0.628. The molecule has 168 valence electrons. The molecule has 11 heteroatoms. The van der Waals surface area contributed by atoms with Gasteiger partial charge in [-0.3, -0.25) is 23.4 Å². The molecule has 0 N–H and O–H groups in total. The first-order valence-corrected chi connectivity index (χ1v) is 11.3. The molecule has 0 fully saturated rings. The number of esters is 1. The zero-order valence-corrected chi connectivity index (χ0v) is 18.6. The van der Waals surface area contributed by atoms with Crippen LogP contribution in [-0.2, 0) is 28.0 Å². The maximum absolute atomic E-state index is 12.5. The highest BCUT2D eigenvalue weighted by molar-refractivity contribution is 7.17. The fourth-order valence-corrected chi connectivity index (χ4v) is 4.62. The molecular formula is C22H20N6O4S. The lowest BCUT2D eigenvalue weighted by Gasteiger charge is -2.11. The SMILES string of the molecule is Cn1c(=O)c2sccc2n2c(COC(=O)CCC(=O)N3CCC(c4ccccc4)=N3)nnc12. The van der Waals surface area contributed by atoms with Gasteiger partial charge in [-0.15, -0.1) is 21.5 Å². The largest absolute Gasteiger partial charge is 0.457 e. The van der Waals surface area contributed by atoms with E-state index in [0.717, 1.165) is 11.3 Å². The van der Waals surface area contributed by atoms with Crippen LogP contribution in [-0.4, -0.2) is 48.3 Å². The summed E-state index contributed by atoms with van der Waals surface area (Å²) < 4.78 is 9.03. The first-order valence-electron chi connectivity index (χ1n) is 10.4. The summed E-state index contributed by atoms with van der Waals surface area (Å²) in [5.74, 6) is 0.0345. The number of hydrogen-bond donors (Lipinski definition) is 0. The molecule has 0 atom stereocenters. The van der Waals surface area contributed by atoms with Crippen molar-refractivity contribution in [3.63, 3.8) is 0 Å². The number of amides is 1. The molecule has 10 nitrogen and oxygen atoms in total. The number of carbonyl (C=O) groups excluding carboxylic acids is 2. The van der Waals surface area contributed by atoms with Crippen molar-refractivity contribution < 1.29 is 14.3 Å². The number of hydrogen-bond acceptors (Lipinski definition) is 8. The van der Waals surface area contributed by atoms with Gasteiger partial charge in [0.15, 0.2) is 12.4 Å². The number of hydrazone groups is 1. The van der Waals surface area contributed by atoms with Crippen molar-refractivity contribution >= 4 is 44.9 Å². The van der Waals surface area contributed by atoms with Gasteiger partial charge in [0.05, 0.1) is 24.2 Å². The summed E-state index contributed by atoms with van der Waals surface area (Å²) in [7, 11) is 1.62. The third kappa shape index (κ3) is 3.91. The van der Waals surface area contributed by atoms with Crippen LogP contribution in [0.25, 0.3) is 16.0 Å². The van der Waals surface area contributed by atoms with Gasteiger partial charge >= 0.3 is 5.97 Å². The molecule has 5 rings (SSSR count). The second kappa shape index (κ2) is 8.58. The fourth-order valence-electron chi connectivity index (χ4n) is 3.77. The highest BCUT2D eigenvalue weighted by Crippen LogP contribution is 2.20. The Bertz CT molecular complexity index is 1450. The van der Waals surface area contributed by atoms with Gasteiger partial charge in [0.2, 0.25) is 11.7 Å². The molecule has 0 aliphatic carbocycles. The number of carbonyl (C=O) groups is 2. The van der Waals surface area contributed by atoms with Gasteiger partial charge in [0.25, 0.3) is 5.56 Å². The highest BCUT2D eigenvalue weighted by atomic mass is 32.1. The Morgan fingerprint density at radius 3 is 2.76 bits per heavy atom. The molecule has 1 aliphatic rings. The Labute approximate surface area is 191 Å². The molecule has 4 aromatic rings. The lowest BCUT2D eigenvalue weighted by Crippen LogP contribution is -2.24. The van der Waals surface area contributed by atoms with Gasteiger partial charge in [-0.2, -0.15) is 5.10 Å². The van der Waals surface area contributed by atoms with E-state index in [-0.39, 0.29) is 30.9 Å². The van der Waals surface area contributed by atoms with Gasteiger partial charge in [-0.05, 0) is 17.0 Å². The van der Waals surface area contributed by atoms with E-state index < -0.39 is 5.97 Å². The molecule has 0 bridgehead atoms. The second-order valence-electron chi connectivity index (χ2n) is 7.59. The van der Waals surface area contributed by atoms with Crippen molar-refractivity contribution in [2.24, 2.45) is 12.1 Å². The minimum Gasteiger partial charge on any atom is -0.457 e. The van der Waals surface area contributed by atoms with Gasteiger partial charge in [0.1, 0.15) is 4.70 Å². The molecule has 3 aromatic heterocycles. The monoisotopic (exact) mass is 464 g/mol. The number of benzene rings is 1. The Hall–Kier alpha value is -3.86. The zero-order valence-electron chi connectivity index (χ0n) is 17.8. The number of fused-ring (bicyclic) bond motifs is 3. The molecule has 1 amide bonds. The maximum Gasteiger partial charge on any atom is 0.306 e. The Kier molecular flexibility index (Phi) is 5.47. The molecule has 0 saturated carbocycles.